The third kappa shape index (κ3) is 3.09. The third-order valence-electron chi connectivity index (χ3n) is 7.80. The minimum atomic E-state index is -0.0970. The molecule has 1 nitrogen and oxygen atoms in total. The zero-order valence-electron chi connectivity index (χ0n) is 20.5. The lowest BCUT2D eigenvalue weighted by molar-refractivity contribution is 0.662. The van der Waals surface area contributed by atoms with Crippen molar-refractivity contribution in [1.29, 1.82) is 0 Å². The van der Waals surface area contributed by atoms with Crippen LogP contribution in [0, 0.1) is 0 Å². The second-order valence-electron chi connectivity index (χ2n) is 10.3. The molecule has 0 saturated heterocycles. The molecule has 0 fully saturated rings. The first-order valence-corrected chi connectivity index (χ1v) is 12.6. The van der Waals surface area contributed by atoms with E-state index >= 15 is 0 Å². The van der Waals surface area contributed by atoms with Crippen molar-refractivity contribution in [2.24, 2.45) is 0 Å². The summed E-state index contributed by atoms with van der Waals surface area (Å²) >= 11 is 0. The normalized spacial score (nSPS) is 13.5. The van der Waals surface area contributed by atoms with E-state index in [1.165, 1.54) is 54.9 Å². The van der Waals surface area contributed by atoms with E-state index in [1.54, 1.807) is 0 Å². The molecule has 172 valence electrons. The first-order chi connectivity index (χ1) is 17.6. The molecule has 0 spiro atoms. The molecule has 7 rings (SSSR count). The Morgan fingerprint density at radius 3 is 2.06 bits per heavy atom. The molecule has 6 aromatic carbocycles. The number of benzene rings is 6. The van der Waals surface area contributed by atoms with Crippen LogP contribution in [0.1, 0.15) is 25.0 Å². The SMILES string of the molecule is CC1(C)c2cc(Nc3cc4ccccc4c4ccccc34)ccc2-c2cccc(-c3ccccc3)c21. The second-order valence-corrected chi connectivity index (χ2v) is 10.3. The zero-order chi connectivity index (χ0) is 24.3. The smallest absolute Gasteiger partial charge is 0.0470 e. The second kappa shape index (κ2) is 7.83. The van der Waals surface area contributed by atoms with Crippen LogP contribution in [0.25, 0.3) is 43.8 Å². The minimum absolute atomic E-state index is 0.0970. The van der Waals surface area contributed by atoms with Gasteiger partial charge in [0.2, 0.25) is 0 Å². The lowest BCUT2D eigenvalue weighted by Crippen LogP contribution is -2.16. The summed E-state index contributed by atoms with van der Waals surface area (Å²) in [4.78, 5) is 0. The van der Waals surface area contributed by atoms with Crippen LogP contribution in [-0.2, 0) is 5.41 Å². The van der Waals surface area contributed by atoms with Gasteiger partial charge in [0, 0.05) is 22.2 Å². The minimum Gasteiger partial charge on any atom is -0.355 e. The average Bonchev–Trinajstić information content (AvgIpc) is 3.16. The number of anilines is 2. The molecule has 0 aromatic heterocycles. The molecule has 36 heavy (non-hydrogen) atoms. The Bertz CT molecular complexity index is 1780. The maximum Gasteiger partial charge on any atom is 0.0470 e. The quantitative estimate of drug-likeness (QED) is 0.259. The number of fused-ring (bicyclic) bond motifs is 6. The van der Waals surface area contributed by atoms with Gasteiger partial charge in [-0.2, -0.15) is 0 Å². The average molecular weight is 462 g/mol. The third-order valence-corrected chi connectivity index (χ3v) is 7.80. The number of hydrogen-bond donors (Lipinski definition) is 1. The molecule has 1 heteroatoms. The van der Waals surface area contributed by atoms with Gasteiger partial charge in [0.1, 0.15) is 0 Å². The van der Waals surface area contributed by atoms with Crippen LogP contribution >= 0.6 is 0 Å². The van der Waals surface area contributed by atoms with Gasteiger partial charge in [0.05, 0.1) is 0 Å². The maximum atomic E-state index is 3.78. The van der Waals surface area contributed by atoms with E-state index in [2.05, 4.69) is 140 Å². The van der Waals surface area contributed by atoms with Gasteiger partial charge >= 0.3 is 0 Å². The maximum absolute atomic E-state index is 3.78. The van der Waals surface area contributed by atoms with Crippen molar-refractivity contribution in [3.63, 3.8) is 0 Å². The molecule has 1 aliphatic rings. The van der Waals surface area contributed by atoms with Gasteiger partial charge in [0.25, 0.3) is 0 Å². The van der Waals surface area contributed by atoms with Crippen molar-refractivity contribution in [3.05, 3.63) is 132 Å². The van der Waals surface area contributed by atoms with E-state index in [9.17, 15) is 0 Å². The molecular formula is C35H27N. The molecular weight excluding hydrogens is 434 g/mol. The van der Waals surface area contributed by atoms with Gasteiger partial charge in [-0.05, 0) is 67.7 Å². The van der Waals surface area contributed by atoms with Gasteiger partial charge < -0.3 is 5.32 Å². The fourth-order valence-electron chi connectivity index (χ4n) is 6.13. The van der Waals surface area contributed by atoms with E-state index in [0.29, 0.717) is 0 Å². The summed E-state index contributed by atoms with van der Waals surface area (Å²) in [5, 5.41) is 8.84. The molecule has 0 bridgehead atoms. The molecule has 0 aliphatic heterocycles. The summed E-state index contributed by atoms with van der Waals surface area (Å²) in [5.41, 5.74) is 10.2. The van der Waals surface area contributed by atoms with Gasteiger partial charge in [-0.25, -0.2) is 0 Å². The molecule has 0 amide bonds. The van der Waals surface area contributed by atoms with Crippen molar-refractivity contribution in [3.8, 4) is 22.3 Å². The summed E-state index contributed by atoms with van der Waals surface area (Å²) in [7, 11) is 0. The highest BCUT2D eigenvalue weighted by molar-refractivity contribution is 6.13. The summed E-state index contributed by atoms with van der Waals surface area (Å²) < 4.78 is 0. The van der Waals surface area contributed by atoms with Crippen LogP contribution in [0.5, 0.6) is 0 Å². The Hall–Kier alpha value is -4.36. The van der Waals surface area contributed by atoms with Crippen molar-refractivity contribution in [2.75, 3.05) is 5.32 Å². The first kappa shape index (κ1) is 21.0. The van der Waals surface area contributed by atoms with Gasteiger partial charge in [-0.15, -0.1) is 0 Å². The van der Waals surface area contributed by atoms with E-state index in [1.807, 2.05) is 0 Å². The van der Waals surface area contributed by atoms with Crippen molar-refractivity contribution in [2.45, 2.75) is 19.3 Å². The zero-order valence-corrected chi connectivity index (χ0v) is 20.5. The Morgan fingerprint density at radius 1 is 0.528 bits per heavy atom. The molecule has 0 unspecified atom stereocenters. The fourth-order valence-corrected chi connectivity index (χ4v) is 6.13. The van der Waals surface area contributed by atoms with E-state index in [-0.39, 0.29) is 5.41 Å². The Morgan fingerprint density at radius 2 is 1.22 bits per heavy atom. The molecule has 1 aliphatic carbocycles. The number of rotatable bonds is 3. The van der Waals surface area contributed by atoms with Crippen LogP contribution < -0.4 is 5.32 Å². The molecule has 0 saturated carbocycles. The van der Waals surface area contributed by atoms with E-state index in [0.717, 1.165) is 11.4 Å². The predicted octanol–water partition coefficient (Wildman–Crippen LogP) is 9.71. The number of hydrogen-bond acceptors (Lipinski definition) is 1. The number of nitrogens with one attached hydrogen (secondary N) is 1. The van der Waals surface area contributed by atoms with Crippen LogP contribution in [0.15, 0.2) is 121 Å². The largest absolute Gasteiger partial charge is 0.355 e. The molecule has 6 aromatic rings. The van der Waals surface area contributed by atoms with E-state index < -0.39 is 0 Å². The van der Waals surface area contributed by atoms with Crippen molar-refractivity contribution < 1.29 is 0 Å². The highest BCUT2D eigenvalue weighted by Crippen LogP contribution is 2.52. The molecule has 0 radical (unpaired) electrons. The first-order valence-electron chi connectivity index (χ1n) is 12.6. The lowest BCUT2D eigenvalue weighted by atomic mass is 9.79. The van der Waals surface area contributed by atoms with Gasteiger partial charge in [-0.1, -0.05) is 117 Å². The summed E-state index contributed by atoms with van der Waals surface area (Å²) in [5.74, 6) is 0. The van der Waals surface area contributed by atoms with Crippen molar-refractivity contribution in [1.82, 2.24) is 0 Å². The van der Waals surface area contributed by atoms with Crippen LogP contribution in [-0.4, -0.2) is 0 Å². The molecule has 1 N–H and O–H groups in total. The summed E-state index contributed by atoms with van der Waals surface area (Å²) in [6.45, 7) is 4.72. The van der Waals surface area contributed by atoms with Crippen LogP contribution in [0.3, 0.4) is 0 Å². The Kier molecular flexibility index (Phi) is 4.56. The fraction of sp³-hybridized carbons (Fsp3) is 0.0857. The Balaban J connectivity index is 1.35. The standard InChI is InChI=1S/C35H27N/c1-35(2)32-22-25(36-33-21-24-13-6-7-14-26(24)28-15-8-9-16-30(28)33)19-20-29(32)31-18-10-17-27(34(31)35)23-11-4-3-5-12-23/h3-22,36H,1-2H3. The van der Waals surface area contributed by atoms with E-state index in [4.69, 9.17) is 0 Å². The van der Waals surface area contributed by atoms with Gasteiger partial charge in [0.15, 0.2) is 0 Å². The topological polar surface area (TPSA) is 12.0 Å². The van der Waals surface area contributed by atoms with Crippen LogP contribution in [0.2, 0.25) is 0 Å². The Labute approximate surface area is 212 Å². The predicted molar refractivity (Wildman–Crippen MR) is 154 cm³/mol. The molecule has 0 atom stereocenters. The van der Waals surface area contributed by atoms with Crippen molar-refractivity contribution >= 4 is 32.9 Å². The lowest BCUT2D eigenvalue weighted by Gasteiger charge is -2.25. The van der Waals surface area contributed by atoms with Crippen LogP contribution in [0.4, 0.5) is 11.4 Å². The monoisotopic (exact) mass is 461 g/mol. The molecule has 0 heterocycles. The highest BCUT2D eigenvalue weighted by Gasteiger charge is 2.37. The summed E-state index contributed by atoms with van der Waals surface area (Å²) in [6, 6.07) is 44.0. The highest BCUT2D eigenvalue weighted by atomic mass is 14.9. The van der Waals surface area contributed by atoms with Gasteiger partial charge in [-0.3, -0.25) is 0 Å². The summed E-state index contributed by atoms with van der Waals surface area (Å²) in [6.07, 6.45) is 0.